The van der Waals surface area contributed by atoms with Gasteiger partial charge in [0.15, 0.2) is 0 Å². The fourth-order valence-corrected chi connectivity index (χ4v) is 3.86. The quantitative estimate of drug-likeness (QED) is 0.226. The number of benzene rings is 1. The maximum atomic E-state index is 12.8. The van der Waals surface area contributed by atoms with Gasteiger partial charge in [-0.25, -0.2) is 9.58 Å². The van der Waals surface area contributed by atoms with Gasteiger partial charge in [0, 0.05) is 5.56 Å². The van der Waals surface area contributed by atoms with Crippen LogP contribution in [0.3, 0.4) is 0 Å². The van der Waals surface area contributed by atoms with Crippen molar-refractivity contribution in [2.45, 2.75) is 18.7 Å². The molecule has 1 aromatic carbocycles. The molecule has 0 bridgehead atoms. The molecule has 2 aromatic rings. The molecular weight excluding hydrogens is 503 g/mol. The first kappa shape index (κ1) is 28.8. The number of aliphatic hydroxyl groups is 1. The molecule has 1 amide bonds. The molecule has 35 heavy (non-hydrogen) atoms. The normalized spacial score (nSPS) is 14.8. The summed E-state index contributed by atoms with van der Waals surface area (Å²) >= 11 is 0. The molecule has 2 heterocycles. The van der Waals surface area contributed by atoms with Crippen LogP contribution in [0.5, 0.6) is 5.88 Å². The minimum atomic E-state index is -4.46. The first-order valence-corrected chi connectivity index (χ1v) is 11.3. The Hall–Kier alpha value is -2.41. The SMILES string of the molecule is CC1=NN(CCO)C(=O)/C1=C\C=C\c1c(C)c(C#N)c(=O)n(-c2ccc(S(=O)(=O)O)cc2)c1O.[H-].[K+]. The number of hydrogen-bond acceptors (Lipinski definition) is 8. The minimum absolute atomic E-state index is 0. The van der Waals surface area contributed by atoms with Crippen LogP contribution in [0.2, 0.25) is 0 Å². The van der Waals surface area contributed by atoms with Crippen molar-refractivity contribution < 1.29 is 80.8 Å². The molecule has 0 unspecified atom stereocenters. The van der Waals surface area contributed by atoms with E-state index in [2.05, 4.69) is 5.10 Å². The van der Waals surface area contributed by atoms with Gasteiger partial charge in [-0.15, -0.1) is 0 Å². The van der Waals surface area contributed by atoms with Crippen molar-refractivity contribution in [1.29, 1.82) is 5.26 Å². The van der Waals surface area contributed by atoms with Gasteiger partial charge < -0.3 is 11.6 Å². The zero-order chi connectivity index (χ0) is 25.2. The molecule has 3 rings (SSSR count). The molecule has 1 aliphatic heterocycles. The Labute approximate surface area is 245 Å². The number of carbonyl (C=O) groups excluding carboxylic acids is 1. The van der Waals surface area contributed by atoms with E-state index >= 15 is 0 Å². The fraction of sp³-hybridized carbons (Fsp3) is 0.182. The smallest absolute Gasteiger partial charge is 1.00 e. The van der Waals surface area contributed by atoms with Gasteiger partial charge in [-0.3, -0.25) is 14.1 Å². The summed E-state index contributed by atoms with van der Waals surface area (Å²) < 4.78 is 32.5. The van der Waals surface area contributed by atoms with Gasteiger partial charge >= 0.3 is 51.4 Å². The van der Waals surface area contributed by atoms with Crippen LogP contribution in [0.4, 0.5) is 0 Å². The van der Waals surface area contributed by atoms with Crippen LogP contribution < -0.4 is 56.9 Å². The Bertz CT molecular complexity index is 1470. The summed E-state index contributed by atoms with van der Waals surface area (Å²) in [5.41, 5.74) is 0.0405. The van der Waals surface area contributed by atoms with E-state index < -0.39 is 32.4 Å². The molecule has 0 spiro atoms. The van der Waals surface area contributed by atoms with Gasteiger partial charge in [-0.05, 0) is 55.8 Å². The molecule has 11 nitrogen and oxygen atoms in total. The standard InChI is InChI=1S/C22H20N4O7S.K.H/c1-13-17(4-3-5-18-14(2)24-25(10-11-27)20(18)28)21(29)26(22(30)19(13)12-23)15-6-8-16(9-7-15)34(31,32)33;;/h3-9,27,29H,10-11H2,1-2H3,(H,31,32,33);;/q;+1;-1/b4-3+,18-5-;;. The molecule has 0 atom stereocenters. The second-order valence-electron chi connectivity index (χ2n) is 7.24. The van der Waals surface area contributed by atoms with E-state index in [1.165, 1.54) is 37.3 Å². The number of rotatable bonds is 6. The summed E-state index contributed by atoms with van der Waals surface area (Å²) in [6.07, 6.45) is 4.32. The van der Waals surface area contributed by atoms with E-state index in [9.17, 15) is 28.4 Å². The fourth-order valence-electron chi connectivity index (χ4n) is 3.38. The average molecular weight is 525 g/mol. The van der Waals surface area contributed by atoms with Crippen LogP contribution in [0.15, 0.2) is 56.8 Å². The van der Waals surface area contributed by atoms with Crippen LogP contribution in [-0.2, 0) is 14.9 Å². The summed E-state index contributed by atoms with van der Waals surface area (Å²) in [7, 11) is -4.46. The number of aromatic nitrogens is 1. The number of pyridine rings is 1. The number of allylic oxidation sites excluding steroid dienone is 2. The number of nitriles is 1. The number of hydrazone groups is 1. The second kappa shape index (κ2) is 11.5. The molecule has 0 saturated carbocycles. The van der Waals surface area contributed by atoms with Crippen molar-refractivity contribution in [3.05, 3.63) is 69.0 Å². The minimum Gasteiger partial charge on any atom is -1.00 e. The topological polar surface area (TPSA) is 173 Å². The van der Waals surface area contributed by atoms with Gasteiger partial charge in [0.05, 0.1) is 35.0 Å². The zero-order valence-electron chi connectivity index (χ0n) is 20.1. The summed E-state index contributed by atoms with van der Waals surface area (Å²) in [6, 6.07) is 6.30. The zero-order valence-corrected chi connectivity index (χ0v) is 23.1. The molecule has 3 N–H and O–H groups in total. The molecule has 0 radical (unpaired) electrons. The summed E-state index contributed by atoms with van der Waals surface area (Å²) in [5, 5.41) is 34.6. The van der Waals surface area contributed by atoms with E-state index in [-0.39, 0.29) is 93.9 Å². The van der Waals surface area contributed by atoms with Crippen LogP contribution in [0.25, 0.3) is 11.8 Å². The molecule has 1 aliphatic rings. The number of hydrogen-bond donors (Lipinski definition) is 3. The van der Waals surface area contributed by atoms with Gasteiger partial charge in [0.1, 0.15) is 11.6 Å². The van der Waals surface area contributed by atoms with E-state index in [0.717, 1.165) is 21.7 Å². The molecule has 1 aromatic heterocycles. The Morgan fingerprint density at radius 2 is 1.83 bits per heavy atom. The van der Waals surface area contributed by atoms with Crippen molar-refractivity contribution >= 4 is 27.8 Å². The third-order valence-electron chi connectivity index (χ3n) is 5.12. The predicted molar refractivity (Wildman–Crippen MR) is 123 cm³/mol. The molecule has 0 saturated heterocycles. The Balaban J connectivity index is 0.00000324. The number of aliphatic hydroxyl groups excluding tert-OH is 1. The number of aromatic hydroxyl groups is 1. The maximum Gasteiger partial charge on any atom is 1.00 e. The first-order chi connectivity index (χ1) is 16.0. The van der Waals surface area contributed by atoms with Crippen molar-refractivity contribution in [2.24, 2.45) is 5.10 Å². The second-order valence-corrected chi connectivity index (χ2v) is 8.66. The van der Waals surface area contributed by atoms with Gasteiger partial charge in [0.25, 0.3) is 21.6 Å². The Morgan fingerprint density at radius 3 is 2.37 bits per heavy atom. The first-order valence-electron chi connectivity index (χ1n) is 9.84. The van der Waals surface area contributed by atoms with Gasteiger partial charge in [-0.1, -0.05) is 6.08 Å². The van der Waals surface area contributed by atoms with Gasteiger partial charge in [0.2, 0.25) is 5.88 Å². The molecule has 0 fully saturated rings. The van der Waals surface area contributed by atoms with Crippen molar-refractivity contribution in [2.75, 3.05) is 13.2 Å². The van der Waals surface area contributed by atoms with Crippen molar-refractivity contribution in [3.63, 3.8) is 0 Å². The number of nitrogens with zero attached hydrogens (tertiary/aromatic N) is 4. The third-order valence-corrected chi connectivity index (χ3v) is 5.98. The van der Waals surface area contributed by atoms with Crippen LogP contribution >= 0.6 is 0 Å². The average Bonchev–Trinajstić information content (AvgIpc) is 3.03. The Kier molecular flexibility index (Phi) is 9.51. The van der Waals surface area contributed by atoms with Crippen LogP contribution in [0.1, 0.15) is 25.0 Å². The van der Waals surface area contributed by atoms with Crippen LogP contribution in [-0.4, -0.2) is 57.5 Å². The molecule has 178 valence electrons. The van der Waals surface area contributed by atoms with E-state index in [1.807, 2.05) is 6.07 Å². The van der Waals surface area contributed by atoms with Crippen molar-refractivity contribution in [1.82, 2.24) is 9.58 Å². The molecular formula is C22H21KN4O7S. The van der Waals surface area contributed by atoms with Crippen LogP contribution in [0, 0.1) is 18.3 Å². The van der Waals surface area contributed by atoms with Gasteiger partial charge in [-0.2, -0.15) is 18.8 Å². The predicted octanol–water partition coefficient (Wildman–Crippen LogP) is -1.76. The summed E-state index contributed by atoms with van der Waals surface area (Å²) in [4.78, 5) is 24.8. The van der Waals surface area contributed by atoms with E-state index in [0.29, 0.717) is 5.71 Å². The largest absolute Gasteiger partial charge is 1.00 e. The molecule has 13 heteroatoms. The van der Waals surface area contributed by atoms with E-state index in [1.54, 1.807) is 6.92 Å². The van der Waals surface area contributed by atoms with Crippen molar-refractivity contribution in [3.8, 4) is 17.6 Å². The third kappa shape index (κ3) is 5.88. The summed E-state index contributed by atoms with van der Waals surface area (Å²) in [6.45, 7) is 2.91. The van der Waals surface area contributed by atoms with E-state index in [4.69, 9.17) is 9.66 Å². The monoisotopic (exact) mass is 524 g/mol. The molecule has 0 aliphatic carbocycles. The summed E-state index contributed by atoms with van der Waals surface area (Å²) in [5.74, 6) is -0.917. The number of amides is 1. The Morgan fingerprint density at radius 1 is 1.20 bits per heavy atom. The maximum absolute atomic E-state index is 12.8. The number of β-amino-alcohol motifs (C(OH)–C–C–N with tert-alkyl or cyclic N) is 1. The number of carbonyl (C=O) groups is 1.